The first kappa shape index (κ1) is 22.5. The second-order valence-electron chi connectivity index (χ2n) is 7.16. The third-order valence-corrected chi connectivity index (χ3v) is 5.15. The van der Waals surface area contributed by atoms with Crippen LogP contribution >= 0.6 is 24.0 Å². The molecule has 1 saturated heterocycles. The number of hydrogen-bond donors (Lipinski definition) is 2. The fraction of sp³-hybridized carbons (Fsp3) is 0.409. The van der Waals surface area contributed by atoms with Crippen LogP contribution in [0, 0.1) is 0 Å². The second kappa shape index (κ2) is 11.3. The highest BCUT2D eigenvalue weighted by molar-refractivity contribution is 14.0. The van der Waals surface area contributed by atoms with E-state index in [1.165, 1.54) is 31.4 Å². The highest BCUT2D eigenvalue weighted by Crippen LogP contribution is 2.23. The van der Waals surface area contributed by atoms with Crippen LogP contribution in [0.5, 0.6) is 5.75 Å². The Labute approximate surface area is 185 Å². The van der Waals surface area contributed by atoms with Gasteiger partial charge in [0.05, 0.1) is 19.3 Å². The molecule has 1 aliphatic rings. The smallest absolute Gasteiger partial charge is 0.193 e. The zero-order chi connectivity index (χ0) is 19.1. The molecule has 1 fully saturated rings. The van der Waals surface area contributed by atoms with Gasteiger partial charge < -0.3 is 15.8 Å². The van der Waals surface area contributed by atoms with Crippen molar-refractivity contribution in [3.05, 3.63) is 59.7 Å². The van der Waals surface area contributed by atoms with Gasteiger partial charge in [-0.05, 0) is 49.6 Å². The Balaban J connectivity index is 0.00000280. The molecule has 1 heterocycles. The molecule has 5 nitrogen and oxygen atoms in total. The molecule has 2 aromatic carbocycles. The van der Waals surface area contributed by atoms with Gasteiger partial charge in [0.1, 0.15) is 5.75 Å². The van der Waals surface area contributed by atoms with Crippen LogP contribution in [0.15, 0.2) is 53.5 Å². The summed E-state index contributed by atoms with van der Waals surface area (Å²) < 4.78 is 5.31. The lowest BCUT2D eigenvalue weighted by Gasteiger charge is -2.33. The van der Waals surface area contributed by atoms with Crippen LogP contribution in [-0.4, -0.2) is 30.6 Å². The van der Waals surface area contributed by atoms with Gasteiger partial charge in [0.25, 0.3) is 0 Å². The Morgan fingerprint density at radius 1 is 1.14 bits per heavy atom. The van der Waals surface area contributed by atoms with Gasteiger partial charge in [0.15, 0.2) is 5.96 Å². The monoisotopic (exact) mass is 494 g/mol. The van der Waals surface area contributed by atoms with E-state index in [4.69, 9.17) is 10.5 Å². The molecular formula is C22H31IN4O. The minimum atomic E-state index is 0. The van der Waals surface area contributed by atoms with Crippen molar-refractivity contribution >= 4 is 35.6 Å². The fourth-order valence-electron chi connectivity index (χ4n) is 3.48. The highest BCUT2D eigenvalue weighted by atomic mass is 127. The number of hydrogen-bond acceptors (Lipinski definition) is 3. The molecule has 0 spiro atoms. The molecule has 1 aliphatic heterocycles. The number of methoxy groups -OCH3 is 1. The summed E-state index contributed by atoms with van der Waals surface area (Å²) in [5, 5.41) is 3.10. The SMILES string of the molecule is COc1ccccc1NC(N)=NCc1ccc(CN2CCCCC2C)cc1.I. The van der Waals surface area contributed by atoms with Crippen LogP contribution in [0.2, 0.25) is 0 Å². The maximum atomic E-state index is 6.02. The number of nitrogens with zero attached hydrogens (tertiary/aromatic N) is 2. The van der Waals surface area contributed by atoms with E-state index in [2.05, 4.69) is 46.4 Å². The number of anilines is 1. The molecule has 2 aromatic rings. The second-order valence-corrected chi connectivity index (χ2v) is 7.16. The number of guanidine groups is 1. The maximum absolute atomic E-state index is 6.02. The van der Waals surface area contributed by atoms with Gasteiger partial charge >= 0.3 is 0 Å². The highest BCUT2D eigenvalue weighted by Gasteiger charge is 2.17. The van der Waals surface area contributed by atoms with Gasteiger partial charge in [0.2, 0.25) is 0 Å². The number of piperidine rings is 1. The summed E-state index contributed by atoms with van der Waals surface area (Å²) in [6.45, 7) is 5.12. The Hall–Kier alpha value is -1.80. The first-order valence-corrected chi connectivity index (χ1v) is 9.67. The Morgan fingerprint density at radius 2 is 1.86 bits per heavy atom. The lowest BCUT2D eigenvalue weighted by molar-refractivity contribution is 0.152. The molecule has 1 atom stereocenters. The number of nitrogens with two attached hydrogens (primary N) is 1. The van der Waals surface area contributed by atoms with Gasteiger partial charge in [-0.3, -0.25) is 4.90 Å². The summed E-state index contributed by atoms with van der Waals surface area (Å²) in [7, 11) is 1.64. The first-order valence-electron chi connectivity index (χ1n) is 9.67. The molecule has 28 heavy (non-hydrogen) atoms. The topological polar surface area (TPSA) is 62.9 Å². The lowest BCUT2D eigenvalue weighted by Crippen LogP contribution is -2.36. The maximum Gasteiger partial charge on any atom is 0.193 e. The summed E-state index contributed by atoms with van der Waals surface area (Å²) in [4.78, 5) is 7.02. The van der Waals surface area contributed by atoms with Crippen molar-refractivity contribution in [1.29, 1.82) is 0 Å². The van der Waals surface area contributed by atoms with Crippen molar-refractivity contribution < 1.29 is 4.74 Å². The fourth-order valence-corrected chi connectivity index (χ4v) is 3.48. The molecule has 0 aliphatic carbocycles. The van der Waals surface area contributed by atoms with Crippen LogP contribution in [0.4, 0.5) is 5.69 Å². The number of benzene rings is 2. The third kappa shape index (κ3) is 6.38. The number of rotatable bonds is 6. The van der Waals surface area contributed by atoms with Gasteiger partial charge in [-0.15, -0.1) is 24.0 Å². The number of nitrogens with one attached hydrogen (secondary N) is 1. The van der Waals surface area contributed by atoms with E-state index in [0.717, 1.165) is 23.5 Å². The van der Waals surface area contributed by atoms with E-state index in [-0.39, 0.29) is 24.0 Å². The quantitative estimate of drug-likeness (QED) is 0.350. The first-order chi connectivity index (χ1) is 13.2. The molecule has 0 amide bonds. The van der Waals surface area contributed by atoms with Crippen LogP contribution in [0.25, 0.3) is 0 Å². The van der Waals surface area contributed by atoms with Gasteiger partial charge in [0, 0.05) is 12.6 Å². The van der Waals surface area contributed by atoms with E-state index < -0.39 is 0 Å². The number of para-hydroxylation sites is 2. The normalized spacial score (nSPS) is 17.6. The summed E-state index contributed by atoms with van der Waals surface area (Å²) in [6.07, 6.45) is 3.99. The average molecular weight is 494 g/mol. The minimum absolute atomic E-state index is 0. The van der Waals surface area contributed by atoms with Crippen molar-refractivity contribution in [2.45, 2.75) is 45.3 Å². The van der Waals surface area contributed by atoms with E-state index in [9.17, 15) is 0 Å². The molecule has 152 valence electrons. The van der Waals surface area contributed by atoms with E-state index in [1.807, 2.05) is 24.3 Å². The summed E-state index contributed by atoms with van der Waals surface area (Å²) in [5.74, 6) is 1.12. The van der Waals surface area contributed by atoms with Crippen molar-refractivity contribution in [1.82, 2.24) is 4.90 Å². The number of likely N-dealkylation sites (tertiary alicyclic amines) is 1. The van der Waals surface area contributed by atoms with Crippen molar-refractivity contribution in [2.75, 3.05) is 19.0 Å². The van der Waals surface area contributed by atoms with Gasteiger partial charge in [-0.1, -0.05) is 42.8 Å². The van der Waals surface area contributed by atoms with E-state index in [0.29, 0.717) is 18.5 Å². The zero-order valence-corrected chi connectivity index (χ0v) is 19.1. The molecule has 1 unspecified atom stereocenters. The lowest BCUT2D eigenvalue weighted by atomic mass is 10.0. The van der Waals surface area contributed by atoms with Gasteiger partial charge in [-0.2, -0.15) is 0 Å². The van der Waals surface area contributed by atoms with Crippen molar-refractivity contribution in [3.63, 3.8) is 0 Å². The number of halogens is 1. The molecular weight excluding hydrogens is 463 g/mol. The molecule has 3 rings (SSSR count). The Bertz CT molecular complexity index is 763. The predicted molar refractivity (Wildman–Crippen MR) is 128 cm³/mol. The Morgan fingerprint density at radius 3 is 2.57 bits per heavy atom. The predicted octanol–water partition coefficient (Wildman–Crippen LogP) is 4.61. The van der Waals surface area contributed by atoms with Crippen LogP contribution < -0.4 is 15.8 Å². The van der Waals surface area contributed by atoms with Crippen LogP contribution in [0.1, 0.15) is 37.3 Å². The zero-order valence-electron chi connectivity index (χ0n) is 16.7. The van der Waals surface area contributed by atoms with Crippen LogP contribution in [-0.2, 0) is 13.1 Å². The molecule has 0 radical (unpaired) electrons. The van der Waals surface area contributed by atoms with Crippen LogP contribution in [0.3, 0.4) is 0 Å². The molecule has 0 aromatic heterocycles. The van der Waals surface area contributed by atoms with Gasteiger partial charge in [-0.25, -0.2) is 4.99 Å². The Kier molecular flexibility index (Phi) is 9.05. The molecule has 0 bridgehead atoms. The average Bonchev–Trinajstić information content (AvgIpc) is 2.69. The molecule has 6 heteroatoms. The summed E-state index contributed by atoms with van der Waals surface area (Å²) in [5.41, 5.74) is 9.34. The molecule has 3 N–H and O–H groups in total. The number of aliphatic imine (C=N–C) groups is 1. The minimum Gasteiger partial charge on any atom is -0.495 e. The third-order valence-electron chi connectivity index (χ3n) is 5.15. The summed E-state index contributed by atoms with van der Waals surface area (Å²) in [6, 6.07) is 17.0. The number of ether oxygens (including phenoxy) is 1. The van der Waals surface area contributed by atoms with E-state index in [1.54, 1.807) is 7.11 Å². The summed E-state index contributed by atoms with van der Waals surface area (Å²) >= 11 is 0. The van der Waals surface area contributed by atoms with Crippen molar-refractivity contribution in [3.8, 4) is 5.75 Å². The largest absolute Gasteiger partial charge is 0.495 e. The van der Waals surface area contributed by atoms with E-state index >= 15 is 0 Å². The molecule has 0 saturated carbocycles. The standard InChI is InChI=1S/C22H30N4O.HI/c1-17-7-5-6-14-26(17)16-19-12-10-18(11-13-19)15-24-22(23)25-20-8-3-4-9-21(20)27-2;/h3-4,8-13,17H,5-7,14-16H2,1-2H3,(H3,23,24,25);1H. The van der Waals surface area contributed by atoms with Crippen molar-refractivity contribution in [2.24, 2.45) is 10.7 Å².